The van der Waals surface area contributed by atoms with Crippen LogP contribution in [0.25, 0.3) is 0 Å². The van der Waals surface area contributed by atoms with Gasteiger partial charge < -0.3 is 0 Å². The summed E-state index contributed by atoms with van der Waals surface area (Å²) in [5, 5.41) is 3.34. The molecule has 1 aliphatic heterocycles. The van der Waals surface area contributed by atoms with Crippen molar-refractivity contribution in [1.29, 1.82) is 0 Å². The summed E-state index contributed by atoms with van der Waals surface area (Å²) in [6, 6.07) is 6.15. The second-order valence-corrected chi connectivity index (χ2v) is 5.61. The van der Waals surface area contributed by atoms with Crippen molar-refractivity contribution in [2.45, 2.75) is 45.7 Å². The van der Waals surface area contributed by atoms with Crippen molar-refractivity contribution >= 4 is 11.8 Å². The zero-order valence-electron chi connectivity index (χ0n) is 12.6. The second-order valence-electron chi connectivity index (χ2n) is 5.61. The Hall–Kier alpha value is -1.68. The van der Waals surface area contributed by atoms with Crippen LogP contribution in [0, 0.1) is 13.8 Å². The highest BCUT2D eigenvalue weighted by Gasteiger charge is 2.32. The summed E-state index contributed by atoms with van der Waals surface area (Å²) < 4.78 is 0. The minimum absolute atomic E-state index is 0.0878. The SMILES string of the molecule is Cc1ccc(C(C)NC2CCC(=O)N(C)C2=O)cc1C. The lowest BCUT2D eigenvalue weighted by molar-refractivity contribution is -0.148. The molecule has 1 heterocycles. The molecule has 1 aromatic rings. The molecule has 4 heteroatoms. The lowest BCUT2D eigenvalue weighted by Crippen LogP contribution is -2.51. The van der Waals surface area contributed by atoms with Crippen LogP contribution in [0.3, 0.4) is 0 Å². The van der Waals surface area contributed by atoms with Gasteiger partial charge in [-0.2, -0.15) is 0 Å². The normalized spacial score (nSPS) is 21.2. The largest absolute Gasteiger partial charge is 0.299 e. The predicted octanol–water partition coefficient (Wildman–Crippen LogP) is 2.10. The summed E-state index contributed by atoms with van der Waals surface area (Å²) in [7, 11) is 1.55. The van der Waals surface area contributed by atoms with Gasteiger partial charge in [-0.25, -0.2) is 0 Å². The predicted molar refractivity (Wildman–Crippen MR) is 78.3 cm³/mol. The average molecular weight is 274 g/mol. The van der Waals surface area contributed by atoms with E-state index >= 15 is 0 Å². The summed E-state index contributed by atoms with van der Waals surface area (Å²) >= 11 is 0. The van der Waals surface area contributed by atoms with Gasteiger partial charge in [0.1, 0.15) is 0 Å². The first kappa shape index (κ1) is 14.7. The van der Waals surface area contributed by atoms with Gasteiger partial charge in [-0.1, -0.05) is 18.2 Å². The fourth-order valence-electron chi connectivity index (χ4n) is 2.50. The van der Waals surface area contributed by atoms with E-state index in [1.807, 2.05) is 6.92 Å². The number of rotatable bonds is 3. The lowest BCUT2D eigenvalue weighted by Gasteiger charge is -2.30. The Morgan fingerprint density at radius 1 is 1.25 bits per heavy atom. The molecule has 4 nitrogen and oxygen atoms in total. The van der Waals surface area contributed by atoms with Crippen molar-refractivity contribution in [3.8, 4) is 0 Å². The maximum Gasteiger partial charge on any atom is 0.246 e. The van der Waals surface area contributed by atoms with Crippen molar-refractivity contribution in [2.24, 2.45) is 0 Å². The Balaban J connectivity index is 2.07. The first-order chi connectivity index (χ1) is 9.40. The molecule has 2 rings (SSSR count). The summed E-state index contributed by atoms with van der Waals surface area (Å²) in [5.74, 6) is -0.219. The zero-order chi connectivity index (χ0) is 14.9. The second kappa shape index (κ2) is 5.75. The first-order valence-corrected chi connectivity index (χ1v) is 7.03. The van der Waals surface area contributed by atoms with E-state index in [1.165, 1.54) is 21.6 Å². The van der Waals surface area contributed by atoms with Gasteiger partial charge in [0, 0.05) is 19.5 Å². The summed E-state index contributed by atoms with van der Waals surface area (Å²) in [6.45, 7) is 6.22. The fraction of sp³-hybridized carbons (Fsp3) is 0.500. The Kier molecular flexibility index (Phi) is 4.23. The molecule has 20 heavy (non-hydrogen) atoms. The standard InChI is InChI=1S/C16H22N2O2/c1-10-5-6-13(9-11(10)2)12(3)17-14-7-8-15(19)18(4)16(14)20/h5-6,9,12,14,17H,7-8H2,1-4H3. The Morgan fingerprint density at radius 2 is 1.95 bits per heavy atom. The van der Waals surface area contributed by atoms with Crippen LogP contribution >= 0.6 is 0 Å². The van der Waals surface area contributed by atoms with Crippen molar-refractivity contribution in [1.82, 2.24) is 10.2 Å². The average Bonchev–Trinajstić information content (AvgIpc) is 2.42. The van der Waals surface area contributed by atoms with Gasteiger partial charge in [-0.15, -0.1) is 0 Å². The highest BCUT2D eigenvalue weighted by Crippen LogP contribution is 2.20. The molecule has 0 saturated carbocycles. The van der Waals surface area contributed by atoms with Gasteiger partial charge in [0.2, 0.25) is 11.8 Å². The number of carbonyl (C=O) groups is 2. The molecular weight excluding hydrogens is 252 g/mol. The monoisotopic (exact) mass is 274 g/mol. The van der Waals surface area contributed by atoms with Crippen molar-refractivity contribution < 1.29 is 9.59 Å². The maximum atomic E-state index is 12.1. The number of benzene rings is 1. The van der Waals surface area contributed by atoms with Crippen LogP contribution in [-0.4, -0.2) is 29.8 Å². The van der Waals surface area contributed by atoms with Crippen LogP contribution in [0.1, 0.15) is 42.5 Å². The number of nitrogens with zero attached hydrogens (tertiary/aromatic N) is 1. The molecule has 2 atom stereocenters. The number of nitrogens with one attached hydrogen (secondary N) is 1. The number of imide groups is 1. The number of hydrogen-bond acceptors (Lipinski definition) is 3. The molecule has 108 valence electrons. The fourth-order valence-corrected chi connectivity index (χ4v) is 2.50. The van der Waals surface area contributed by atoms with E-state index in [0.717, 1.165) is 0 Å². The highest BCUT2D eigenvalue weighted by atomic mass is 16.2. The Bertz CT molecular complexity index is 539. The van der Waals surface area contributed by atoms with Gasteiger partial charge in [0.15, 0.2) is 0 Å². The number of likely N-dealkylation sites (tertiary alicyclic amines) is 1. The molecule has 1 saturated heterocycles. The van der Waals surface area contributed by atoms with Gasteiger partial charge in [-0.3, -0.25) is 19.8 Å². The van der Waals surface area contributed by atoms with Gasteiger partial charge >= 0.3 is 0 Å². The van der Waals surface area contributed by atoms with Crippen LogP contribution in [0.2, 0.25) is 0 Å². The molecule has 2 unspecified atom stereocenters. The third kappa shape index (κ3) is 2.90. The number of piperidine rings is 1. The third-order valence-corrected chi connectivity index (χ3v) is 4.13. The molecule has 1 N–H and O–H groups in total. The molecule has 0 aromatic heterocycles. The smallest absolute Gasteiger partial charge is 0.246 e. The number of amides is 2. The zero-order valence-corrected chi connectivity index (χ0v) is 12.6. The molecule has 0 spiro atoms. The van der Waals surface area contributed by atoms with Gasteiger partial charge in [-0.05, 0) is 43.9 Å². The molecule has 0 aliphatic carbocycles. The Morgan fingerprint density at radius 3 is 2.60 bits per heavy atom. The van der Waals surface area contributed by atoms with Gasteiger partial charge in [0.05, 0.1) is 6.04 Å². The third-order valence-electron chi connectivity index (χ3n) is 4.13. The van der Waals surface area contributed by atoms with Crippen LogP contribution in [-0.2, 0) is 9.59 Å². The number of hydrogen-bond donors (Lipinski definition) is 1. The van der Waals surface area contributed by atoms with Crippen molar-refractivity contribution in [3.63, 3.8) is 0 Å². The van der Waals surface area contributed by atoms with Crippen LogP contribution in [0.15, 0.2) is 18.2 Å². The van der Waals surface area contributed by atoms with Gasteiger partial charge in [0.25, 0.3) is 0 Å². The summed E-state index contributed by atoms with van der Waals surface area (Å²) in [5.41, 5.74) is 3.68. The van der Waals surface area contributed by atoms with Crippen molar-refractivity contribution in [3.05, 3.63) is 34.9 Å². The number of carbonyl (C=O) groups excluding carboxylic acids is 2. The molecular formula is C16H22N2O2. The van der Waals surface area contributed by atoms with E-state index in [0.29, 0.717) is 12.8 Å². The molecule has 1 fully saturated rings. The van der Waals surface area contributed by atoms with E-state index in [1.54, 1.807) is 7.05 Å². The van der Waals surface area contributed by atoms with E-state index < -0.39 is 0 Å². The summed E-state index contributed by atoms with van der Waals surface area (Å²) in [6.07, 6.45) is 1.01. The molecule has 0 radical (unpaired) electrons. The number of likely N-dealkylation sites (N-methyl/N-ethyl adjacent to an activating group) is 1. The first-order valence-electron chi connectivity index (χ1n) is 7.03. The minimum Gasteiger partial charge on any atom is -0.299 e. The lowest BCUT2D eigenvalue weighted by atomic mass is 9.99. The Labute approximate surface area is 120 Å². The quantitative estimate of drug-likeness (QED) is 0.859. The molecule has 1 aromatic carbocycles. The molecule has 2 amide bonds. The van der Waals surface area contributed by atoms with Crippen molar-refractivity contribution in [2.75, 3.05) is 7.05 Å². The highest BCUT2D eigenvalue weighted by molar-refractivity contribution is 6.00. The maximum absolute atomic E-state index is 12.1. The number of aryl methyl sites for hydroxylation is 2. The van der Waals surface area contributed by atoms with E-state index in [4.69, 9.17) is 0 Å². The molecule has 0 bridgehead atoms. The van der Waals surface area contributed by atoms with Crippen LogP contribution < -0.4 is 5.32 Å². The molecule has 1 aliphatic rings. The minimum atomic E-state index is -0.269. The van der Waals surface area contributed by atoms with Crippen LogP contribution in [0.5, 0.6) is 0 Å². The topological polar surface area (TPSA) is 49.4 Å². The van der Waals surface area contributed by atoms with E-state index in [2.05, 4.69) is 37.4 Å². The van der Waals surface area contributed by atoms with Crippen LogP contribution in [0.4, 0.5) is 0 Å². The van der Waals surface area contributed by atoms with E-state index in [-0.39, 0.29) is 23.9 Å². The van der Waals surface area contributed by atoms with E-state index in [9.17, 15) is 9.59 Å². The summed E-state index contributed by atoms with van der Waals surface area (Å²) in [4.78, 5) is 24.8.